The Hall–Kier alpha value is -2.93. The van der Waals surface area contributed by atoms with Crippen LogP contribution in [0.5, 0.6) is 11.5 Å². The summed E-state index contributed by atoms with van der Waals surface area (Å²) in [5, 5.41) is 10.8. The largest absolute Gasteiger partial charge is 0.493 e. The maximum absolute atomic E-state index is 12.6. The van der Waals surface area contributed by atoms with Crippen molar-refractivity contribution in [2.24, 2.45) is 0 Å². The molecule has 2 aromatic carbocycles. The van der Waals surface area contributed by atoms with Crippen LogP contribution in [-0.2, 0) is 11.8 Å². The van der Waals surface area contributed by atoms with Gasteiger partial charge in [0.25, 0.3) is 5.69 Å². The Labute approximate surface area is 182 Å². The van der Waals surface area contributed by atoms with Gasteiger partial charge >= 0.3 is 0 Å². The van der Waals surface area contributed by atoms with Crippen LogP contribution in [0.1, 0.15) is 47.2 Å². The van der Waals surface area contributed by atoms with Crippen LogP contribution in [0, 0.1) is 10.1 Å². The van der Waals surface area contributed by atoms with E-state index in [-0.39, 0.29) is 21.8 Å². The van der Waals surface area contributed by atoms with Gasteiger partial charge in [0, 0.05) is 30.7 Å². The number of Topliss-reactive ketones (excluding diaryl/α,β-unsaturated/α-hetero) is 1. The number of methoxy groups -OCH3 is 2. The van der Waals surface area contributed by atoms with Crippen molar-refractivity contribution in [1.29, 1.82) is 0 Å². The van der Waals surface area contributed by atoms with Gasteiger partial charge in [0.05, 0.1) is 19.1 Å². The van der Waals surface area contributed by atoms with Crippen molar-refractivity contribution in [2.45, 2.75) is 37.5 Å². The molecule has 0 bridgehead atoms. The fourth-order valence-electron chi connectivity index (χ4n) is 4.97. The van der Waals surface area contributed by atoms with Crippen LogP contribution >= 0.6 is 0 Å². The standard InChI is InChI=1S/C24H28N2O5/c1-30-22-15-19-20(16-23(22)31-2)24(9-7-21(19)27)10-13-25(14-11-24)12-8-17-3-5-18(6-4-17)26(28)29/h3-6,15-16H,7-14H2,1-2H3. The molecule has 31 heavy (non-hydrogen) atoms. The first-order valence-corrected chi connectivity index (χ1v) is 10.7. The third-order valence-electron chi connectivity index (χ3n) is 6.90. The highest BCUT2D eigenvalue weighted by atomic mass is 16.6. The molecule has 4 rings (SSSR count). The fourth-order valence-corrected chi connectivity index (χ4v) is 4.97. The summed E-state index contributed by atoms with van der Waals surface area (Å²) in [4.78, 5) is 25.5. The quantitative estimate of drug-likeness (QED) is 0.511. The summed E-state index contributed by atoms with van der Waals surface area (Å²) < 4.78 is 10.9. The van der Waals surface area contributed by atoms with E-state index in [0.29, 0.717) is 17.9 Å². The van der Waals surface area contributed by atoms with E-state index in [1.165, 1.54) is 0 Å². The number of fused-ring (bicyclic) bond motifs is 2. The zero-order chi connectivity index (χ0) is 22.0. The number of nitro groups is 1. The number of rotatable bonds is 6. The van der Waals surface area contributed by atoms with E-state index >= 15 is 0 Å². The van der Waals surface area contributed by atoms with Crippen molar-refractivity contribution in [1.82, 2.24) is 4.90 Å². The molecule has 2 aromatic rings. The van der Waals surface area contributed by atoms with E-state index in [4.69, 9.17) is 9.47 Å². The number of likely N-dealkylation sites (tertiary alicyclic amines) is 1. The average Bonchev–Trinajstić information content (AvgIpc) is 2.80. The lowest BCUT2D eigenvalue weighted by atomic mass is 9.64. The van der Waals surface area contributed by atoms with Gasteiger partial charge in [-0.25, -0.2) is 0 Å². The minimum atomic E-state index is -0.370. The Bertz CT molecular complexity index is 978. The lowest BCUT2D eigenvalue weighted by Gasteiger charge is -2.45. The van der Waals surface area contributed by atoms with E-state index in [1.54, 1.807) is 26.4 Å². The number of carbonyl (C=O) groups is 1. The van der Waals surface area contributed by atoms with Gasteiger partial charge in [0.1, 0.15) is 0 Å². The van der Waals surface area contributed by atoms with Gasteiger partial charge in [-0.2, -0.15) is 0 Å². The lowest BCUT2D eigenvalue weighted by Crippen LogP contribution is -2.45. The summed E-state index contributed by atoms with van der Waals surface area (Å²) in [6.45, 7) is 2.86. The highest BCUT2D eigenvalue weighted by molar-refractivity contribution is 6.00. The Balaban J connectivity index is 1.45. The molecule has 0 N–H and O–H groups in total. The average molecular weight is 424 g/mol. The molecule has 1 aliphatic heterocycles. The molecular weight excluding hydrogens is 396 g/mol. The van der Waals surface area contributed by atoms with Crippen LogP contribution in [0.15, 0.2) is 36.4 Å². The molecule has 164 valence electrons. The predicted octanol–water partition coefficient (Wildman–Crippen LogP) is 4.16. The normalized spacial score (nSPS) is 17.9. The van der Waals surface area contributed by atoms with Crippen LogP contribution in [0.25, 0.3) is 0 Å². The molecule has 1 aliphatic carbocycles. The monoisotopic (exact) mass is 424 g/mol. The summed E-state index contributed by atoms with van der Waals surface area (Å²) in [6, 6.07) is 10.7. The van der Waals surface area contributed by atoms with Gasteiger partial charge in [-0.1, -0.05) is 12.1 Å². The number of nitrogens with zero attached hydrogens (tertiary/aromatic N) is 2. The SMILES string of the molecule is COc1cc2c(cc1OC)C1(CCC2=O)CCN(CCc2ccc([N+](=O)[O-])cc2)CC1. The summed E-state index contributed by atoms with van der Waals surface area (Å²) >= 11 is 0. The number of hydrogen-bond donors (Lipinski definition) is 0. The molecule has 0 atom stereocenters. The first kappa shape index (κ1) is 21.3. The summed E-state index contributed by atoms with van der Waals surface area (Å²) in [6.07, 6.45) is 4.33. The fraction of sp³-hybridized carbons (Fsp3) is 0.458. The molecular formula is C24H28N2O5. The van der Waals surface area contributed by atoms with Crippen molar-refractivity contribution in [3.63, 3.8) is 0 Å². The van der Waals surface area contributed by atoms with Gasteiger partial charge in [-0.3, -0.25) is 14.9 Å². The molecule has 0 aromatic heterocycles. The molecule has 0 saturated carbocycles. The summed E-state index contributed by atoms with van der Waals surface area (Å²) in [5.41, 5.74) is 3.13. The third kappa shape index (κ3) is 4.14. The molecule has 0 unspecified atom stereocenters. The van der Waals surface area contributed by atoms with E-state index < -0.39 is 0 Å². The highest BCUT2D eigenvalue weighted by Gasteiger charge is 2.42. The van der Waals surface area contributed by atoms with Crippen molar-refractivity contribution >= 4 is 11.5 Å². The van der Waals surface area contributed by atoms with Crippen molar-refractivity contribution in [3.05, 3.63) is 63.2 Å². The third-order valence-corrected chi connectivity index (χ3v) is 6.90. The molecule has 7 nitrogen and oxygen atoms in total. The minimum Gasteiger partial charge on any atom is -0.493 e. The van der Waals surface area contributed by atoms with Crippen molar-refractivity contribution in [2.75, 3.05) is 33.9 Å². The molecule has 2 aliphatic rings. The van der Waals surface area contributed by atoms with Gasteiger partial charge in [0.2, 0.25) is 0 Å². The first-order chi connectivity index (χ1) is 15.0. The minimum absolute atomic E-state index is 0.00660. The molecule has 7 heteroatoms. The second-order valence-electron chi connectivity index (χ2n) is 8.47. The number of non-ortho nitro benzene ring substituents is 1. The number of nitro benzene ring substituents is 1. The van der Waals surface area contributed by atoms with Gasteiger partial charge in [-0.15, -0.1) is 0 Å². The predicted molar refractivity (Wildman–Crippen MR) is 117 cm³/mol. The summed E-state index contributed by atoms with van der Waals surface area (Å²) in [5.74, 6) is 1.46. The second kappa shape index (κ2) is 8.67. The molecule has 0 radical (unpaired) electrons. The molecule has 1 spiro atoms. The zero-order valence-corrected chi connectivity index (χ0v) is 18.1. The van der Waals surface area contributed by atoms with Crippen LogP contribution < -0.4 is 9.47 Å². The van der Waals surface area contributed by atoms with Crippen LogP contribution in [-0.4, -0.2) is 49.5 Å². The number of carbonyl (C=O) groups excluding carboxylic acids is 1. The second-order valence-corrected chi connectivity index (χ2v) is 8.47. The Kier molecular flexibility index (Phi) is 5.96. The van der Waals surface area contributed by atoms with Gasteiger partial charge in [-0.05, 0) is 67.4 Å². The van der Waals surface area contributed by atoms with Crippen LogP contribution in [0.3, 0.4) is 0 Å². The van der Waals surface area contributed by atoms with Crippen molar-refractivity contribution in [3.8, 4) is 11.5 Å². The molecule has 1 saturated heterocycles. The van der Waals surface area contributed by atoms with E-state index in [0.717, 1.165) is 62.0 Å². The van der Waals surface area contributed by atoms with Gasteiger partial charge < -0.3 is 14.4 Å². The van der Waals surface area contributed by atoms with Crippen molar-refractivity contribution < 1.29 is 19.2 Å². The molecule has 1 heterocycles. The maximum Gasteiger partial charge on any atom is 0.269 e. The number of hydrogen-bond acceptors (Lipinski definition) is 6. The Morgan fingerprint density at radius 1 is 1.03 bits per heavy atom. The smallest absolute Gasteiger partial charge is 0.269 e. The highest BCUT2D eigenvalue weighted by Crippen LogP contribution is 2.47. The van der Waals surface area contributed by atoms with Gasteiger partial charge in [0.15, 0.2) is 17.3 Å². The lowest BCUT2D eigenvalue weighted by molar-refractivity contribution is -0.384. The summed E-state index contributed by atoms with van der Waals surface area (Å²) in [7, 11) is 3.22. The number of ketones is 1. The Morgan fingerprint density at radius 3 is 2.29 bits per heavy atom. The van der Waals surface area contributed by atoms with E-state index in [9.17, 15) is 14.9 Å². The first-order valence-electron chi connectivity index (χ1n) is 10.7. The number of piperidine rings is 1. The Morgan fingerprint density at radius 2 is 1.68 bits per heavy atom. The number of ether oxygens (including phenoxy) is 2. The topological polar surface area (TPSA) is 81.9 Å². The molecule has 0 amide bonds. The van der Waals surface area contributed by atoms with Crippen LogP contribution in [0.4, 0.5) is 5.69 Å². The molecule has 1 fully saturated rings. The number of benzene rings is 2. The van der Waals surface area contributed by atoms with Crippen LogP contribution in [0.2, 0.25) is 0 Å². The van der Waals surface area contributed by atoms with E-state index in [1.807, 2.05) is 24.3 Å². The van der Waals surface area contributed by atoms with E-state index in [2.05, 4.69) is 4.90 Å². The maximum atomic E-state index is 12.6. The zero-order valence-electron chi connectivity index (χ0n) is 18.1.